The van der Waals surface area contributed by atoms with Crippen LogP contribution >= 0.6 is 0 Å². The first-order valence-electron chi connectivity index (χ1n) is 7.75. The standard InChI is InChI=1S/C16H23F2N3O/c1-2-19-16(21-9-6-14(22)7-10-21)20-8-5-12-3-4-13(17)11-15(12)18/h3-4,11,14,22H,2,5-10H2,1H3,(H,19,20). The average molecular weight is 311 g/mol. The lowest BCUT2D eigenvalue weighted by atomic mass is 10.1. The fraction of sp³-hybridized carbons (Fsp3) is 0.562. The van der Waals surface area contributed by atoms with Gasteiger partial charge in [-0.1, -0.05) is 6.07 Å². The van der Waals surface area contributed by atoms with Gasteiger partial charge in [0.25, 0.3) is 0 Å². The van der Waals surface area contributed by atoms with E-state index in [1.807, 2.05) is 6.92 Å². The van der Waals surface area contributed by atoms with Gasteiger partial charge in [-0.15, -0.1) is 0 Å². The summed E-state index contributed by atoms with van der Waals surface area (Å²) >= 11 is 0. The molecule has 0 aliphatic carbocycles. The number of guanidine groups is 1. The predicted molar refractivity (Wildman–Crippen MR) is 82.9 cm³/mol. The molecule has 0 saturated carbocycles. The van der Waals surface area contributed by atoms with Gasteiger partial charge in [0.1, 0.15) is 11.6 Å². The first-order valence-corrected chi connectivity index (χ1v) is 7.75. The van der Waals surface area contributed by atoms with Crippen molar-refractivity contribution in [1.82, 2.24) is 10.2 Å². The summed E-state index contributed by atoms with van der Waals surface area (Å²) in [6, 6.07) is 3.62. The number of rotatable bonds is 4. The molecular formula is C16H23F2N3O. The van der Waals surface area contributed by atoms with Crippen molar-refractivity contribution in [2.24, 2.45) is 4.99 Å². The molecule has 2 rings (SSSR count). The summed E-state index contributed by atoms with van der Waals surface area (Å²) < 4.78 is 26.4. The van der Waals surface area contributed by atoms with Crippen LogP contribution in [0, 0.1) is 11.6 Å². The van der Waals surface area contributed by atoms with Gasteiger partial charge >= 0.3 is 0 Å². The molecule has 4 nitrogen and oxygen atoms in total. The van der Waals surface area contributed by atoms with E-state index in [0.29, 0.717) is 18.5 Å². The number of aliphatic hydroxyl groups excluding tert-OH is 1. The van der Waals surface area contributed by atoms with Gasteiger partial charge in [0, 0.05) is 32.2 Å². The fourth-order valence-corrected chi connectivity index (χ4v) is 2.51. The largest absolute Gasteiger partial charge is 0.393 e. The molecule has 1 saturated heterocycles. The van der Waals surface area contributed by atoms with Crippen LogP contribution in [0.3, 0.4) is 0 Å². The predicted octanol–water partition coefficient (Wildman–Crippen LogP) is 1.93. The molecular weight excluding hydrogens is 288 g/mol. The third kappa shape index (κ3) is 4.66. The number of piperidine rings is 1. The Morgan fingerprint density at radius 2 is 2.09 bits per heavy atom. The Bertz CT molecular complexity index is 514. The van der Waals surface area contributed by atoms with Crippen LogP contribution in [-0.4, -0.2) is 48.2 Å². The third-order valence-corrected chi connectivity index (χ3v) is 3.76. The van der Waals surface area contributed by atoms with Crippen molar-refractivity contribution in [3.05, 3.63) is 35.4 Å². The molecule has 6 heteroatoms. The highest BCUT2D eigenvalue weighted by atomic mass is 19.1. The molecule has 0 amide bonds. The highest BCUT2D eigenvalue weighted by Gasteiger charge is 2.19. The number of aliphatic hydroxyl groups is 1. The van der Waals surface area contributed by atoms with E-state index in [4.69, 9.17) is 0 Å². The van der Waals surface area contributed by atoms with Crippen LogP contribution < -0.4 is 5.32 Å². The fourth-order valence-electron chi connectivity index (χ4n) is 2.51. The molecule has 0 unspecified atom stereocenters. The van der Waals surface area contributed by atoms with E-state index < -0.39 is 11.6 Å². The molecule has 1 fully saturated rings. The summed E-state index contributed by atoms with van der Waals surface area (Å²) in [7, 11) is 0. The number of halogens is 2. The molecule has 22 heavy (non-hydrogen) atoms. The van der Waals surface area contributed by atoms with Crippen molar-refractivity contribution < 1.29 is 13.9 Å². The Morgan fingerprint density at radius 3 is 2.73 bits per heavy atom. The zero-order valence-corrected chi connectivity index (χ0v) is 12.9. The van der Waals surface area contributed by atoms with Gasteiger partial charge in [0.05, 0.1) is 6.10 Å². The van der Waals surface area contributed by atoms with Crippen LogP contribution in [0.25, 0.3) is 0 Å². The third-order valence-electron chi connectivity index (χ3n) is 3.76. The van der Waals surface area contributed by atoms with Crippen LogP contribution in [0.1, 0.15) is 25.3 Å². The number of hydrogen-bond donors (Lipinski definition) is 2. The van der Waals surface area contributed by atoms with Gasteiger partial charge in [-0.05, 0) is 37.8 Å². The Balaban J connectivity index is 1.95. The van der Waals surface area contributed by atoms with Crippen molar-refractivity contribution in [2.75, 3.05) is 26.2 Å². The summed E-state index contributed by atoms with van der Waals surface area (Å²) in [6.07, 6.45) is 1.67. The SMILES string of the molecule is CCNC(=NCCc1ccc(F)cc1F)N1CCC(O)CC1. The molecule has 1 aromatic carbocycles. The van der Waals surface area contributed by atoms with E-state index in [-0.39, 0.29) is 6.10 Å². The van der Waals surface area contributed by atoms with Gasteiger partial charge in [0.15, 0.2) is 5.96 Å². The van der Waals surface area contributed by atoms with Crippen LogP contribution in [0.5, 0.6) is 0 Å². The van der Waals surface area contributed by atoms with Gasteiger partial charge in [-0.3, -0.25) is 4.99 Å². The second-order valence-electron chi connectivity index (χ2n) is 5.44. The van der Waals surface area contributed by atoms with Crippen LogP contribution in [0.4, 0.5) is 8.78 Å². The molecule has 0 atom stereocenters. The molecule has 122 valence electrons. The van der Waals surface area contributed by atoms with Gasteiger partial charge in [-0.2, -0.15) is 0 Å². The summed E-state index contributed by atoms with van der Waals surface area (Å²) in [5, 5.41) is 12.8. The molecule has 0 bridgehead atoms. The Kier molecular flexibility index (Phi) is 6.12. The molecule has 1 heterocycles. The van der Waals surface area contributed by atoms with Crippen LogP contribution in [-0.2, 0) is 6.42 Å². The number of likely N-dealkylation sites (tertiary alicyclic amines) is 1. The summed E-state index contributed by atoms with van der Waals surface area (Å²) in [6.45, 7) is 4.70. The molecule has 0 aromatic heterocycles. The first-order chi connectivity index (χ1) is 10.6. The van der Waals surface area contributed by atoms with Crippen LogP contribution in [0.2, 0.25) is 0 Å². The lowest BCUT2D eigenvalue weighted by Crippen LogP contribution is -2.46. The summed E-state index contributed by atoms with van der Waals surface area (Å²) in [4.78, 5) is 6.62. The molecule has 0 radical (unpaired) electrons. The Hall–Kier alpha value is -1.69. The molecule has 1 aliphatic heterocycles. The summed E-state index contributed by atoms with van der Waals surface area (Å²) in [5.41, 5.74) is 0.468. The average Bonchev–Trinajstić information content (AvgIpc) is 2.49. The number of aliphatic imine (C=N–C) groups is 1. The lowest BCUT2D eigenvalue weighted by Gasteiger charge is -2.32. The van der Waals surface area contributed by atoms with Crippen molar-refractivity contribution >= 4 is 5.96 Å². The lowest BCUT2D eigenvalue weighted by molar-refractivity contribution is 0.108. The monoisotopic (exact) mass is 311 g/mol. The first kappa shape index (κ1) is 16.7. The highest BCUT2D eigenvalue weighted by Crippen LogP contribution is 2.12. The van der Waals surface area contributed by atoms with Crippen molar-refractivity contribution in [1.29, 1.82) is 0 Å². The smallest absolute Gasteiger partial charge is 0.193 e. The van der Waals surface area contributed by atoms with Gasteiger partial charge < -0.3 is 15.3 Å². The van der Waals surface area contributed by atoms with Gasteiger partial charge in [-0.25, -0.2) is 8.78 Å². The van der Waals surface area contributed by atoms with E-state index in [0.717, 1.165) is 44.5 Å². The zero-order chi connectivity index (χ0) is 15.9. The Morgan fingerprint density at radius 1 is 1.36 bits per heavy atom. The summed E-state index contributed by atoms with van der Waals surface area (Å²) in [5.74, 6) is -0.303. The number of hydrogen-bond acceptors (Lipinski definition) is 2. The number of benzene rings is 1. The quantitative estimate of drug-likeness (QED) is 0.660. The maximum absolute atomic E-state index is 13.6. The normalized spacial score (nSPS) is 16.9. The van der Waals surface area contributed by atoms with Crippen molar-refractivity contribution in [3.8, 4) is 0 Å². The second kappa shape index (κ2) is 8.08. The van der Waals surface area contributed by atoms with E-state index in [1.165, 1.54) is 12.1 Å². The molecule has 1 aromatic rings. The number of nitrogens with zero attached hydrogens (tertiary/aromatic N) is 2. The van der Waals surface area contributed by atoms with Crippen LogP contribution in [0.15, 0.2) is 23.2 Å². The molecule has 0 spiro atoms. The van der Waals surface area contributed by atoms with Crippen molar-refractivity contribution in [2.45, 2.75) is 32.3 Å². The highest BCUT2D eigenvalue weighted by molar-refractivity contribution is 5.80. The van der Waals surface area contributed by atoms with E-state index in [1.54, 1.807) is 0 Å². The Labute approximate surface area is 129 Å². The maximum atomic E-state index is 13.6. The second-order valence-corrected chi connectivity index (χ2v) is 5.44. The molecule has 1 aliphatic rings. The van der Waals surface area contributed by atoms with Gasteiger partial charge in [0.2, 0.25) is 0 Å². The minimum Gasteiger partial charge on any atom is -0.393 e. The minimum atomic E-state index is -0.565. The topological polar surface area (TPSA) is 47.9 Å². The molecule has 2 N–H and O–H groups in total. The van der Waals surface area contributed by atoms with E-state index in [9.17, 15) is 13.9 Å². The van der Waals surface area contributed by atoms with Crippen molar-refractivity contribution in [3.63, 3.8) is 0 Å². The maximum Gasteiger partial charge on any atom is 0.193 e. The zero-order valence-electron chi connectivity index (χ0n) is 12.9. The number of nitrogens with one attached hydrogen (secondary N) is 1. The van der Waals surface area contributed by atoms with E-state index in [2.05, 4.69) is 15.2 Å². The minimum absolute atomic E-state index is 0.229. The van der Waals surface area contributed by atoms with E-state index >= 15 is 0 Å².